The summed E-state index contributed by atoms with van der Waals surface area (Å²) in [7, 11) is 0. The Balaban J connectivity index is 1.81. The van der Waals surface area contributed by atoms with Crippen LogP contribution in [0.15, 0.2) is 29.6 Å². The second-order valence-electron chi connectivity index (χ2n) is 6.03. The lowest BCUT2D eigenvalue weighted by molar-refractivity contribution is -0.142. The highest BCUT2D eigenvalue weighted by Crippen LogP contribution is 2.17. The third-order valence-corrected chi connectivity index (χ3v) is 4.38. The largest absolute Gasteiger partial charge is 0.466 e. The summed E-state index contributed by atoms with van der Waals surface area (Å²) in [5, 5.41) is 4.53. The number of nitrogens with one attached hydrogen (secondary N) is 1. The van der Waals surface area contributed by atoms with Crippen molar-refractivity contribution in [2.45, 2.75) is 33.1 Å². The monoisotopic (exact) mass is 390 g/mol. The van der Waals surface area contributed by atoms with Gasteiger partial charge in [-0.2, -0.15) is 0 Å². The molecule has 1 N–H and O–H groups in total. The molecule has 0 aliphatic heterocycles. The number of esters is 2. The molecular formula is C19H22N2O5S. The molecule has 0 fully saturated rings. The standard InChI is InChI=1S/C19H22N2O5S/c1-4-25-17(23)9-15-11-27-19(20-15)21-16(22)10-26-18(24)14-7-5-13(6-8-14)12(2)3/h5-8,11-12H,4,9-10H2,1-3H3,(H,20,21,22). The molecule has 1 heterocycles. The van der Waals surface area contributed by atoms with E-state index in [2.05, 4.69) is 24.1 Å². The van der Waals surface area contributed by atoms with Crippen molar-refractivity contribution in [1.29, 1.82) is 0 Å². The predicted molar refractivity (Wildman–Crippen MR) is 102 cm³/mol. The van der Waals surface area contributed by atoms with Crippen molar-refractivity contribution in [3.63, 3.8) is 0 Å². The van der Waals surface area contributed by atoms with Gasteiger partial charge in [0.2, 0.25) is 0 Å². The van der Waals surface area contributed by atoms with Crippen molar-refractivity contribution < 1.29 is 23.9 Å². The molecule has 0 atom stereocenters. The second-order valence-corrected chi connectivity index (χ2v) is 6.88. The van der Waals surface area contributed by atoms with E-state index < -0.39 is 18.5 Å². The van der Waals surface area contributed by atoms with E-state index in [4.69, 9.17) is 9.47 Å². The van der Waals surface area contributed by atoms with Crippen LogP contribution in [0.1, 0.15) is 48.3 Å². The Bertz CT molecular complexity index is 799. The molecule has 0 aliphatic carbocycles. The van der Waals surface area contributed by atoms with E-state index >= 15 is 0 Å². The number of rotatable bonds is 8. The molecule has 0 radical (unpaired) electrons. The Labute approximate surface area is 161 Å². The lowest BCUT2D eigenvalue weighted by atomic mass is 10.0. The first-order valence-electron chi connectivity index (χ1n) is 8.56. The molecule has 0 saturated heterocycles. The van der Waals surface area contributed by atoms with Crippen LogP contribution in [-0.2, 0) is 25.5 Å². The summed E-state index contributed by atoms with van der Waals surface area (Å²) >= 11 is 1.18. The number of nitrogens with zero attached hydrogens (tertiary/aromatic N) is 1. The lowest BCUT2D eigenvalue weighted by Gasteiger charge is -2.07. The van der Waals surface area contributed by atoms with Gasteiger partial charge in [0.1, 0.15) is 0 Å². The van der Waals surface area contributed by atoms with E-state index in [9.17, 15) is 14.4 Å². The molecule has 1 aromatic carbocycles. The van der Waals surface area contributed by atoms with Gasteiger partial charge in [0.05, 0.1) is 24.3 Å². The summed E-state index contributed by atoms with van der Waals surface area (Å²) in [5.41, 5.74) is 2.01. The van der Waals surface area contributed by atoms with Crippen LogP contribution in [0.4, 0.5) is 5.13 Å². The molecule has 7 nitrogen and oxygen atoms in total. The van der Waals surface area contributed by atoms with Crippen LogP contribution in [0.25, 0.3) is 0 Å². The lowest BCUT2D eigenvalue weighted by Crippen LogP contribution is -2.21. The Kier molecular flexibility index (Phi) is 7.48. The number of carbonyl (C=O) groups is 3. The number of hydrogen-bond acceptors (Lipinski definition) is 7. The van der Waals surface area contributed by atoms with Crippen molar-refractivity contribution >= 4 is 34.3 Å². The Morgan fingerprint density at radius 2 is 1.85 bits per heavy atom. The average Bonchev–Trinajstić information content (AvgIpc) is 3.06. The number of benzene rings is 1. The van der Waals surface area contributed by atoms with Crippen molar-refractivity contribution in [2.75, 3.05) is 18.5 Å². The van der Waals surface area contributed by atoms with E-state index in [0.717, 1.165) is 5.56 Å². The number of amides is 1. The fourth-order valence-corrected chi connectivity index (χ4v) is 2.91. The van der Waals surface area contributed by atoms with E-state index in [1.54, 1.807) is 24.4 Å². The molecular weight excluding hydrogens is 368 g/mol. The molecule has 8 heteroatoms. The summed E-state index contributed by atoms with van der Waals surface area (Å²) in [6.45, 7) is 5.74. The van der Waals surface area contributed by atoms with Crippen LogP contribution in [0.2, 0.25) is 0 Å². The van der Waals surface area contributed by atoms with Crippen LogP contribution in [-0.4, -0.2) is 36.0 Å². The maximum Gasteiger partial charge on any atom is 0.338 e. The van der Waals surface area contributed by atoms with Gasteiger partial charge in [-0.3, -0.25) is 14.9 Å². The number of carbonyl (C=O) groups excluding carboxylic acids is 3. The highest BCUT2D eigenvalue weighted by atomic mass is 32.1. The van der Waals surface area contributed by atoms with E-state index in [-0.39, 0.29) is 12.4 Å². The van der Waals surface area contributed by atoms with Gasteiger partial charge in [-0.15, -0.1) is 11.3 Å². The first kappa shape index (κ1) is 20.6. The van der Waals surface area contributed by atoms with Gasteiger partial charge in [-0.25, -0.2) is 9.78 Å². The van der Waals surface area contributed by atoms with Crippen LogP contribution in [0.5, 0.6) is 0 Å². The van der Waals surface area contributed by atoms with E-state index in [0.29, 0.717) is 28.9 Å². The topological polar surface area (TPSA) is 94.6 Å². The normalized spacial score (nSPS) is 10.5. The molecule has 2 aromatic rings. The van der Waals surface area contributed by atoms with Crippen LogP contribution >= 0.6 is 11.3 Å². The maximum atomic E-state index is 12.0. The van der Waals surface area contributed by atoms with Crippen LogP contribution in [0.3, 0.4) is 0 Å². The van der Waals surface area contributed by atoms with Gasteiger partial charge in [-0.1, -0.05) is 26.0 Å². The molecule has 0 spiro atoms. The minimum absolute atomic E-state index is 0.0432. The quantitative estimate of drug-likeness (QED) is 0.696. The van der Waals surface area contributed by atoms with Crippen LogP contribution < -0.4 is 5.32 Å². The third kappa shape index (κ3) is 6.49. The number of hydrogen-bond donors (Lipinski definition) is 1. The molecule has 2 rings (SSSR count). The van der Waals surface area contributed by atoms with E-state index in [1.807, 2.05) is 12.1 Å². The first-order chi connectivity index (χ1) is 12.9. The zero-order valence-corrected chi connectivity index (χ0v) is 16.3. The van der Waals surface area contributed by atoms with Gasteiger partial charge in [-0.05, 0) is 30.5 Å². The molecule has 27 heavy (non-hydrogen) atoms. The predicted octanol–water partition coefficient (Wildman–Crippen LogP) is 3.17. The highest BCUT2D eigenvalue weighted by molar-refractivity contribution is 7.13. The fourth-order valence-electron chi connectivity index (χ4n) is 2.18. The van der Waals surface area contributed by atoms with Crippen molar-refractivity contribution in [2.24, 2.45) is 0 Å². The van der Waals surface area contributed by atoms with E-state index in [1.165, 1.54) is 11.3 Å². The van der Waals surface area contributed by atoms with Crippen molar-refractivity contribution in [3.05, 3.63) is 46.5 Å². The smallest absolute Gasteiger partial charge is 0.338 e. The molecule has 144 valence electrons. The molecule has 0 aliphatic rings. The van der Waals surface area contributed by atoms with Gasteiger partial charge >= 0.3 is 11.9 Å². The second kappa shape index (κ2) is 9.82. The zero-order valence-electron chi connectivity index (χ0n) is 15.5. The fraction of sp³-hybridized carbons (Fsp3) is 0.368. The SMILES string of the molecule is CCOC(=O)Cc1csc(NC(=O)COC(=O)c2ccc(C(C)C)cc2)n1. The maximum absolute atomic E-state index is 12.0. The van der Waals surface area contributed by atoms with Crippen molar-refractivity contribution in [3.8, 4) is 0 Å². The summed E-state index contributed by atoms with van der Waals surface area (Å²) < 4.78 is 9.86. The first-order valence-corrected chi connectivity index (χ1v) is 9.44. The van der Waals surface area contributed by atoms with Crippen molar-refractivity contribution in [1.82, 2.24) is 4.98 Å². The highest BCUT2D eigenvalue weighted by Gasteiger charge is 2.13. The minimum atomic E-state index is -0.567. The third-order valence-electron chi connectivity index (χ3n) is 3.58. The molecule has 0 bridgehead atoms. The van der Waals surface area contributed by atoms with Crippen LogP contribution in [0, 0.1) is 0 Å². The summed E-state index contributed by atoms with van der Waals surface area (Å²) in [5.74, 6) is -1.08. The Morgan fingerprint density at radius 3 is 2.48 bits per heavy atom. The van der Waals surface area contributed by atoms with Gasteiger partial charge in [0, 0.05) is 5.38 Å². The average molecular weight is 390 g/mol. The van der Waals surface area contributed by atoms with Gasteiger partial charge < -0.3 is 9.47 Å². The summed E-state index contributed by atoms with van der Waals surface area (Å²) in [4.78, 5) is 39.5. The van der Waals surface area contributed by atoms with Gasteiger partial charge in [0.15, 0.2) is 11.7 Å². The Morgan fingerprint density at radius 1 is 1.15 bits per heavy atom. The zero-order chi connectivity index (χ0) is 19.8. The molecule has 0 unspecified atom stereocenters. The number of thiazole rings is 1. The minimum Gasteiger partial charge on any atom is -0.466 e. The number of aromatic nitrogens is 1. The molecule has 0 saturated carbocycles. The number of ether oxygens (including phenoxy) is 2. The number of anilines is 1. The molecule has 1 amide bonds. The Hall–Kier alpha value is -2.74. The summed E-state index contributed by atoms with van der Waals surface area (Å²) in [6.07, 6.45) is 0.0432. The van der Waals surface area contributed by atoms with Gasteiger partial charge in [0.25, 0.3) is 5.91 Å². The summed E-state index contributed by atoms with van der Waals surface area (Å²) in [6, 6.07) is 7.08. The molecule has 1 aromatic heterocycles.